The predicted octanol–water partition coefficient (Wildman–Crippen LogP) is 3.82. The van der Waals surface area contributed by atoms with Crippen molar-refractivity contribution in [2.75, 3.05) is 23.8 Å². The minimum Gasteiger partial charge on any atom is -0.491 e. The second kappa shape index (κ2) is 8.67. The van der Waals surface area contributed by atoms with Crippen LogP contribution in [0.4, 0.5) is 15.8 Å². The van der Waals surface area contributed by atoms with E-state index in [0.29, 0.717) is 12.3 Å². The van der Waals surface area contributed by atoms with Gasteiger partial charge in [-0.15, -0.1) is 0 Å². The number of anilines is 2. The largest absolute Gasteiger partial charge is 0.491 e. The van der Waals surface area contributed by atoms with Crippen LogP contribution in [0.3, 0.4) is 0 Å². The quantitative estimate of drug-likeness (QED) is 0.790. The maximum absolute atomic E-state index is 13.2. The molecule has 1 fully saturated rings. The van der Waals surface area contributed by atoms with E-state index in [0.717, 1.165) is 30.9 Å². The molecule has 1 heterocycles. The number of halogens is 1. The van der Waals surface area contributed by atoms with Crippen molar-refractivity contribution in [1.82, 2.24) is 0 Å². The Labute approximate surface area is 152 Å². The van der Waals surface area contributed by atoms with Gasteiger partial charge in [-0.25, -0.2) is 4.39 Å². The lowest BCUT2D eigenvalue weighted by atomic mass is 10.2. The zero-order valence-electron chi connectivity index (χ0n) is 14.7. The highest BCUT2D eigenvalue weighted by atomic mass is 19.1. The van der Waals surface area contributed by atoms with Gasteiger partial charge in [-0.2, -0.15) is 0 Å². The molecular formula is C20H23FN2O3. The molecule has 1 aliphatic rings. The summed E-state index contributed by atoms with van der Waals surface area (Å²) in [7, 11) is 0. The van der Waals surface area contributed by atoms with E-state index in [9.17, 15) is 9.18 Å². The first kappa shape index (κ1) is 18.2. The van der Waals surface area contributed by atoms with Gasteiger partial charge in [0.25, 0.3) is 0 Å². The third-order valence-electron chi connectivity index (χ3n) is 4.18. The number of carbonyl (C=O) groups is 1. The van der Waals surface area contributed by atoms with E-state index in [1.54, 1.807) is 19.1 Å². The summed E-state index contributed by atoms with van der Waals surface area (Å²) in [6.07, 6.45) is 2.31. The molecule has 6 heteroatoms. The molecule has 3 rings (SSSR count). The molecule has 5 nitrogen and oxygen atoms in total. The Bertz CT molecular complexity index is 730. The Kier molecular flexibility index (Phi) is 6.07. The highest BCUT2D eigenvalue weighted by Crippen LogP contribution is 2.19. The zero-order chi connectivity index (χ0) is 18.4. The van der Waals surface area contributed by atoms with Gasteiger partial charge in [-0.3, -0.25) is 4.79 Å². The SMILES string of the molecule is CC(Nc1ccc(OCC2CCCO2)cc1)C(=O)Nc1cccc(F)c1. The van der Waals surface area contributed by atoms with Gasteiger partial charge in [0.15, 0.2) is 0 Å². The molecule has 0 saturated carbocycles. The summed E-state index contributed by atoms with van der Waals surface area (Å²) < 4.78 is 24.4. The number of nitrogens with one attached hydrogen (secondary N) is 2. The molecule has 2 atom stereocenters. The van der Waals surface area contributed by atoms with Gasteiger partial charge in [0.05, 0.1) is 6.10 Å². The fraction of sp³-hybridized carbons (Fsp3) is 0.350. The van der Waals surface area contributed by atoms with Gasteiger partial charge < -0.3 is 20.1 Å². The first-order valence-electron chi connectivity index (χ1n) is 8.77. The van der Waals surface area contributed by atoms with Crippen molar-refractivity contribution >= 4 is 17.3 Å². The Morgan fingerprint density at radius 2 is 2.08 bits per heavy atom. The molecule has 1 saturated heterocycles. The van der Waals surface area contributed by atoms with Gasteiger partial charge in [0, 0.05) is 18.0 Å². The molecule has 0 aliphatic carbocycles. The van der Waals surface area contributed by atoms with E-state index < -0.39 is 6.04 Å². The highest BCUT2D eigenvalue weighted by Gasteiger charge is 2.16. The van der Waals surface area contributed by atoms with E-state index in [4.69, 9.17) is 9.47 Å². The highest BCUT2D eigenvalue weighted by molar-refractivity contribution is 5.96. The van der Waals surface area contributed by atoms with Crippen molar-refractivity contribution in [3.63, 3.8) is 0 Å². The number of hydrogen-bond donors (Lipinski definition) is 2. The van der Waals surface area contributed by atoms with Crippen LogP contribution in [-0.2, 0) is 9.53 Å². The molecule has 0 bridgehead atoms. The van der Waals surface area contributed by atoms with Crippen molar-refractivity contribution < 1.29 is 18.7 Å². The summed E-state index contributed by atoms with van der Waals surface area (Å²) in [5.41, 5.74) is 1.23. The first-order chi connectivity index (χ1) is 12.6. The van der Waals surface area contributed by atoms with Crippen LogP contribution in [0.25, 0.3) is 0 Å². The molecular weight excluding hydrogens is 335 g/mol. The molecule has 2 unspecified atom stereocenters. The molecule has 1 amide bonds. The molecule has 138 valence electrons. The van der Waals surface area contributed by atoms with Crippen molar-refractivity contribution in [3.05, 3.63) is 54.3 Å². The van der Waals surface area contributed by atoms with Crippen LogP contribution in [0.15, 0.2) is 48.5 Å². The molecule has 2 aromatic rings. The Morgan fingerprint density at radius 1 is 1.27 bits per heavy atom. The molecule has 2 aromatic carbocycles. The van der Waals surface area contributed by atoms with E-state index in [2.05, 4.69) is 10.6 Å². The van der Waals surface area contributed by atoms with Crippen molar-refractivity contribution in [2.45, 2.75) is 31.9 Å². The van der Waals surface area contributed by atoms with Gasteiger partial charge in [-0.1, -0.05) is 6.07 Å². The van der Waals surface area contributed by atoms with Crippen molar-refractivity contribution in [3.8, 4) is 5.75 Å². The third-order valence-corrected chi connectivity index (χ3v) is 4.18. The standard InChI is InChI=1S/C20H23FN2O3/c1-14(20(24)23-17-5-2-4-15(21)12-17)22-16-7-9-18(10-8-16)26-13-19-6-3-11-25-19/h2,4-5,7-10,12,14,19,22H,3,6,11,13H2,1H3,(H,23,24). The van der Waals surface area contributed by atoms with Crippen LogP contribution in [0.5, 0.6) is 5.75 Å². The Balaban J connectivity index is 1.48. The molecule has 1 aliphatic heterocycles. The summed E-state index contributed by atoms with van der Waals surface area (Å²) in [6, 6.07) is 12.8. The van der Waals surface area contributed by atoms with E-state index in [-0.39, 0.29) is 17.8 Å². The van der Waals surface area contributed by atoms with Crippen molar-refractivity contribution in [2.24, 2.45) is 0 Å². The number of benzene rings is 2. The van der Waals surface area contributed by atoms with Crippen LogP contribution in [0, 0.1) is 5.82 Å². The molecule has 0 spiro atoms. The fourth-order valence-corrected chi connectivity index (χ4v) is 2.74. The van der Waals surface area contributed by atoms with Crippen LogP contribution in [-0.4, -0.2) is 31.3 Å². The topological polar surface area (TPSA) is 59.6 Å². The smallest absolute Gasteiger partial charge is 0.246 e. The van der Waals surface area contributed by atoms with Crippen LogP contribution >= 0.6 is 0 Å². The van der Waals surface area contributed by atoms with E-state index in [1.807, 2.05) is 24.3 Å². The predicted molar refractivity (Wildman–Crippen MR) is 99.0 cm³/mol. The normalized spacial score (nSPS) is 17.5. The number of carbonyl (C=O) groups excluding carboxylic acids is 1. The maximum Gasteiger partial charge on any atom is 0.246 e. The number of ether oxygens (including phenoxy) is 2. The minimum atomic E-state index is -0.475. The number of rotatable bonds is 7. The zero-order valence-corrected chi connectivity index (χ0v) is 14.7. The minimum absolute atomic E-state index is 0.180. The average molecular weight is 358 g/mol. The number of amides is 1. The summed E-state index contributed by atoms with van der Waals surface area (Å²) >= 11 is 0. The second-order valence-electron chi connectivity index (χ2n) is 6.34. The fourth-order valence-electron chi connectivity index (χ4n) is 2.74. The number of hydrogen-bond acceptors (Lipinski definition) is 4. The Hall–Kier alpha value is -2.60. The lowest BCUT2D eigenvalue weighted by molar-refractivity contribution is -0.116. The van der Waals surface area contributed by atoms with Crippen LogP contribution in [0.1, 0.15) is 19.8 Å². The summed E-state index contributed by atoms with van der Waals surface area (Å²) in [6.45, 7) is 3.11. The lowest BCUT2D eigenvalue weighted by Crippen LogP contribution is -2.31. The van der Waals surface area contributed by atoms with E-state index in [1.165, 1.54) is 12.1 Å². The third kappa shape index (κ3) is 5.20. The van der Waals surface area contributed by atoms with E-state index >= 15 is 0 Å². The molecule has 0 radical (unpaired) electrons. The molecule has 2 N–H and O–H groups in total. The average Bonchev–Trinajstić information content (AvgIpc) is 3.14. The second-order valence-corrected chi connectivity index (χ2v) is 6.34. The van der Waals surface area contributed by atoms with Crippen LogP contribution < -0.4 is 15.4 Å². The van der Waals surface area contributed by atoms with Gasteiger partial charge in [-0.05, 0) is 62.2 Å². The lowest BCUT2D eigenvalue weighted by Gasteiger charge is -2.16. The first-order valence-corrected chi connectivity index (χ1v) is 8.77. The van der Waals surface area contributed by atoms with Gasteiger partial charge >= 0.3 is 0 Å². The van der Waals surface area contributed by atoms with Crippen LogP contribution in [0.2, 0.25) is 0 Å². The van der Waals surface area contributed by atoms with Gasteiger partial charge in [0.2, 0.25) is 5.91 Å². The van der Waals surface area contributed by atoms with Gasteiger partial charge in [0.1, 0.15) is 24.2 Å². The summed E-state index contributed by atoms with van der Waals surface area (Å²) in [5.74, 6) is 0.138. The summed E-state index contributed by atoms with van der Waals surface area (Å²) in [5, 5.41) is 5.80. The van der Waals surface area contributed by atoms with Crippen molar-refractivity contribution in [1.29, 1.82) is 0 Å². The Morgan fingerprint density at radius 3 is 2.77 bits per heavy atom. The monoisotopic (exact) mass is 358 g/mol. The molecule has 26 heavy (non-hydrogen) atoms. The maximum atomic E-state index is 13.2. The summed E-state index contributed by atoms with van der Waals surface area (Å²) in [4.78, 5) is 12.2. The molecule has 0 aromatic heterocycles.